The Balaban J connectivity index is 2.15. The molecular weight excluding hydrogens is 250 g/mol. The van der Waals surface area contributed by atoms with Crippen LogP contribution >= 0.6 is 0 Å². The number of rotatable bonds is 5. The fraction of sp³-hybridized carbons (Fsp3) is 0.235. The molecule has 3 nitrogen and oxygen atoms in total. The minimum atomic E-state index is -0.142. The minimum absolute atomic E-state index is 0.142. The SMILES string of the molecule is CCc1cccc(CC)c1NC(=O)/C=C/c1ccco1. The molecule has 1 heterocycles. The van der Waals surface area contributed by atoms with Crippen LogP contribution < -0.4 is 5.32 Å². The van der Waals surface area contributed by atoms with Gasteiger partial charge in [0.05, 0.1) is 6.26 Å². The number of anilines is 1. The van der Waals surface area contributed by atoms with Crippen LogP contribution in [0.3, 0.4) is 0 Å². The van der Waals surface area contributed by atoms with Crippen LogP contribution in [0.2, 0.25) is 0 Å². The van der Waals surface area contributed by atoms with E-state index in [-0.39, 0.29) is 5.91 Å². The number of hydrogen-bond acceptors (Lipinski definition) is 2. The van der Waals surface area contributed by atoms with Gasteiger partial charge in [-0.1, -0.05) is 32.0 Å². The molecule has 0 unspecified atom stereocenters. The predicted octanol–water partition coefficient (Wildman–Crippen LogP) is 4.06. The van der Waals surface area contributed by atoms with E-state index in [1.54, 1.807) is 24.5 Å². The van der Waals surface area contributed by atoms with Crippen LogP contribution in [-0.4, -0.2) is 5.91 Å². The van der Waals surface area contributed by atoms with E-state index in [2.05, 4.69) is 19.2 Å². The van der Waals surface area contributed by atoms with Crippen LogP contribution in [-0.2, 0) is 17.6 Å². The Morgan fingerprint density at radius 1 is 1.15 bits per heavy atom. The second-order valence-corrected chi connectivity index (χ2v) is 4.50. The number of para-hydroxylation sites is 1. The van der Waals surface area contributed by atoms with Gasteiger partial charge in [-0.2, -0.15) is 0 Å². The quantitative estimate of drug-likeness (QED) is 0.832. The standard InChI is InChI=1S/C17H19NO2/c1-3-13-7-5-8-14(4-2)17(13)18-16(19)11-10-15-9-6-12-20-15/h5-12H,3-4H2,1-2H3,(H,18,19)/b11-10+. The van der Waals surface area contributed by atoms with Gasteiger partial charge in [-0.15, -0.1) is 0 Å². The molecule has 0 atom stereocenters. The molecule has 2 rings (SSSR count). The Bertz CT molecular complexity index is 575. The Morgan fingerprint density at radius 2 is 1.85 bits per heavy atom. The van der Waals surface area contributed by atoms with E-state index >= 15 is 0 Å². The monoisotopic (exact) mass is 269 g/mol. The first kappa shape index (κ1) is 14.1. The van der Waals surface area contributed by atoms with Gasteiger partial charge in [0, 0.05) is 11.8 Å². The average Bonchev–Trinajstić information content (AvgIpc) is 2.98. The highest BCUT2D eigenvalue weighted by Crippen LogP contribution is 2.22. The van der Waals surface area contributed by atoms with Crippen molar-refractivity contribution < 1.29 is 9.21 Å². The highest BCUT2D eigenvalue weighted by Gasteiger charge is 2.08. The maximum Gasteiger partial charge on any atom is 0.248 e. The highest BCUT2D eigenvalue weighted by atomic mass is 16.3. The zero-order valence-corrected chi connectivity index (χ0v) is 11.8. The summed E-state index contributed by atoms with van der Waals surface area (Å²) in [7, 11) is 0. The molecule has 0 radical (unpaired) electrons. The van der Waals surface area contributed by atoms with Gasteiger partial charge in [0.1, 0.15) is 5.76 Å². The lowest BCUT2D eigenvalue weighted by molar-refractivity contribution is -0.111. The predicted molar refractivity (Wildman–Crippen MR) is 81.6 cm³/mol. The summed E-state index contributed by atoms with van der Waals surface area (Å²) < 4.78 is 5.16. The Kier molecular flexibility index (Phi) is 4.77. The molecule has 0 spiro atoms. The molecule has 0 bridgehead atoms. The van der Waals surface area contributed by atoms with Gasteiger partial charge < -0.3 is 9.73 Å². The van der Waals surface area contributed by atoms with Gasteiger partial charge in [0.15, 0.2) is 0 Å². The second-order valence-electron chi connectivity index (χ2n) is 4.50. The Morgan fingerprint density at radius 3 is 2.40 bits per heavy atom. The summed E-state index contributed by atoms with van der Waals surface area (Å²) in [6.45, 7) is 4.17. The Hall–Kier alpha value is -2.29. The molecule has 1 aromatic heterocycles. The molecule has 2 aromatic rings. The number of amides is 1. The first-order chi connectivity index (χ1) is 9.74. The topological polar surface area (TPSA) is 42.2 Å². The number of aryl methyl sites for hydroxylation is 2. The van der Waals surface area contributed by atoms with Crippen molar-refractivity contribution in [1.82, 2.24) is 0 Å². The molecule has 0 aliphatic rings. The zero-order valence-electron chi connectivity index (χ0n) is 11.8. The van der Waals surface area contributed by atoms with Crippen molar-refractivity contribution in [3.8, 4) is 0 Å². The van der Waals surface area contributed by atoms with Gasteiger partial charge in [-0.05, 0) is 42.2 Å². The second kappa shape index (κ2) is 6.75. The van der Waals surface area contributed by atoms with E-state index < -0.39 is 0 Å². The van der Waals surface area contributed by atoms with Crippen molar-refractivity contribution >= 4 is 17.7 Å². The first-order valence-electron chi connectivity index (χ1n) is 6.88. The molecule has 1 aromatic carbocycles. The van der Waals surface area contributed by atoms with Crippen LogP contribution in [0.25, 0.3) is 6.08 Å². The van der Waals surface area contributed by atoms with E-state index in [1.165, 1.54) is 6.08 Å². The van der Waals surface area contributed by atoms with Crippen LogP contribution in [0.1, 0.15) is 30.7 Å². The molecule has 0 saturated heterocycles. The van der Waals surface area contributed by atoms with E-state index in [4.69, 9.17) is 4.42 Å². The van der Waals surface area contributed by atoms with Crippen LogP contribution in [0.15, 0.2) is 47.1 Å². The smallest absolute Gasteiger partial charge is 0.248 e. The van der Waals surface area contributed by atoms with Crippen LogP contribution in [0.5, 0.6) is 0 Å². The number of furan rings is 1. The molecule has 0 aliphatic carbocycles. The summed E-state index contributed by atoms with van der Waals surface area (Å²) in [5, 5.41) is 2.98. The Labute approximate surface area is 119 Å². The van der Waals surface area contributed by atoms with Crippen molar-refractivity contribution in [3.05, 3.63) is 59.6 Å². The van der Waals surface area contributed by atoms with Crippen molar-refractivity contribution in [2.75, 3.05) is 5.32 Å². The van der Waals surface area contributed by atoms with Crippen molar-refractivity contribution in [2.45, 2.75) is 26.7 Å². The third-order valence-electron chi connectivity index (χ3n) is 3.19. The lowest BCUT2D eigenvalue weighted by Gasteiger charge is -2.13. The number of hydrogen-bond donors (Lipinski definition) is 1. The van der Waals surface area contributed by atoms with Crippen molar-refractivity contribution in [1.29, 1.82) is 0 Å². The molecule has 0 aliphatic heterocycles. The summed E-state index contributed by atoms with van der Waals surface area (Å²) >= 11 is 0. The molecule has 0 fully saturated rings. The van der Waals surface area contributed by atoms with Crippen molar-refractivity contribution in [2.24, 2.45) is 0 Å². The molecule has 104 valence electrons. The maximum absolute atomic E-state index is 12.0. The summed E-state index contributed by atoms with van der Waals surface area (Å²) in [6, 6.07) is 9.72. The fourth-order valence-electron chi connectivity index (χ4n) is 2.11. The normalized spacial score (nSPS) is 10.9. The van der Waals surface area contributed by atoms with Crippen LogP contribution in [0, 0.1) is 0 Å². The van der Waals surface area contributed by atoms with Crippen molar-refractivity contribution in [3.63, 3.8) is 0 Å². The molecular formula is C17H19NO2. The maximum atomic E-state index is 12.0. The van der Waals surface area contributed by atoms with Gasteiger partial charge >= 0.3 is 0 Å². The molecule has 0 saturated carbocycles. The van der Waals surface area contributed by atoms with E-state index in [0.717, 1.165) is 29.7 Å². The highest BCUT2D eigenvalue weighted by molar-refractivity contribution is 6.02. The molecule has 1 N–H and O–H groups in total. The third kappa shape index (κ3) is 3.38. The summed E-state index contributed by atoms with van der Waals surface area (Å²) in [4.78, 5) is 12.0. The van der Waals surface area contributed by atoms with Gasteiger partial charge in [-0.3, -0.25) is 4.79 Å². The lowest BCUT2D eigenvalue weighted by Crippen LogP contribution is -2.11. The zero-order chi connectivity index (χ0) is 14.4. The summed E-state index contributed by atoms with van der Waals surface area (Å²) in [6.07, 6.45) is 6.52. The van der Waals surface area contributed by atoms with E-state index in [1.807, 2.05) is 18.2 Å². The largest absolute Gasteiger partial charge is 0.465 e. The first-order valence-corrected chi connectivity index (χ1v) is 6.88. The number of carbonyl (C=O) groups is 1. The summed E-state index contributed by atoms with van der Waals surface area (Å²) in [5.41, 5.74) is 3.25. The molecule has 3 heteroatoms. The van der Waals surface area contributed by atoms with Gasteiger partial charge in [-0.25, -0.2) is 0 Å². The van der Waals surface area contributed by atoms with Gasteiger partial charge in [0.2, 0.25) is 5.91 Å². The minimum Gasteiger partial charge on any atom is -0.465 e. The number of carbonyl (C=O) groups excluding carboxylic acids is 1. The number of benzene rings is 1. The van der Waals surface area contributed by atoms with E-state index in [9.17, 15) is 4.79 Å². The average molecular weight is 269 g/mol. The van der Waals surface area contributed by atoms with Gasteiger partial charge in [0.25, 0.3) is 0 Å². The van der Waals surface area contributed by atoms with E-state index in [0.29, 0.717) is 5.76 Å². The fourth-order valence-corrected chi connectivity index (χ4v) is 2.11. The number of nitrogens with one attached hydrogen (secondary N) is 1. The molecule has 20 heavy (non-hydrogen) atoms. The third-order valence-corrected chi connectivity index (χ3v) is 3.19. The summed E-state index contributed by atoms with van der Waals surface area (Å²) in [5.74, 6) is 0.525. The molecule has 1 amide bonds. The van der Waals surface area contributed by atoms with Crippen LogP contribution in [0.4, 0.5) is 5.69 Å². The lowest BCUT2D eigenvalue weighted by atomic mass is 10.0.